The van der Waals surface area contributed by atoms with Crippen LogP contribution in [0.25, 0.3) is 0 Å². The lowest BCUT2D eigenvalue weighted by Gasteiger charge is -2.08. The van der Waals surface area contributed by atoms with Gasteiger partial charge in [-0.2, -0.15) is 0 Å². The first-order valence-corrected chi connectivity index (χ1v) is 5.59. The third-order valence-electron chi connectivity index (χ3n) is 2.17. The molecule has 14 heavy (non-hydrogen) atoms. The van der Waals surface area contributed by atoms with Crippen LogP contribution in [0.4, 0.5) is 4.79 Å². The molecule has 2 rings (SSSR count). The molecule has 1 amide bonds. The zero-order valence-electron chi connectivity index (χ0n) is 7.82. The molecule has 74 valence electrons. The van der Waals surface area contributed by atoms with Gasteiger partial charge >= 0.3 is 6.09 Å². The van der Waals surface area contributed by atoms with Gasteiger partial charge in [-0.3, -0.25) is 0 Å². The summed E-state index contributed by atoms with van der Waals surface area (Å²) >= 11 is 1.69. The van der Waals surface area contributed by atoms with Gasteiger partial charge in [0.2, 0.25) is 0 Å². The van der Waals surface area contributed by atoms with Crippen molar-refractivity contribution in [2.24, 2.45) is 0 Å². The summed E-state index contributed by atoms with van der Waals surface area (Å²) in [4.78, 5) is 12.0. The van der Waals surface area contributed by atoms with Gasteiger partial charge in [0.05, 0.1) is 6.04 Å². The largest absolute Gasteiger partial charge is 0.447 e. The van der Waals surface area contributed by atoms with Crippen molar-refractivity contribution in [1.29, 1.82) is 0 Å². The zero-order chi connectivity index (χ0) is 9.97. The zero-order valence-corrected chi connectivity index (χ0v) is 8.64. The number of hydrogen-bond donors (Lipinski definition) is 1. The number of ether oxygens (including phenoxy) is 1. The molecule has 1 unspecified atom stereocenters. The molecule has 1 heterocycles. The number of alkyl carbamates (subject to hydrolysis) is 1. The Morgan fingerprint density at radius 2 is 2.43 bits per heavy atom. The van der Waals surface area contributed by atoms with E-state index in [1.165, 1.54) is 4.90 Å². The molecule has 0 aromatic heterocycles. The van der Waals surface area contributed by atoms with Crippen LogP contribution in [0.2, 0.25) is 0 Å². The standard InChI is InChI=1S/C10H11NO2S/c1-14-8-4-2-3-7(5-8)9-6-13-10(12)11-9/h2-5,9H,6H2,1H3,(H,11,12). The van der Waals surface area contributed by atoms with Crippen molar-refractivity contribution in [2.75, 3.05) is 12.9 Å². The van der Waals surface area contributed by atoms with Crippen molar-refractivity contribution >= 4 is 17.9 Å². The summed E-state index contributed by atoms with van der Waals surface area (Å²) in [7, 11) is 0. The van der Waals surface area contributed by atoms with Crippen molar-refractivity contribution < 1.29 is 9.53 Å². The second-order valence-electron chi connectivity index (χ2n) is 3.07. The van der Waals surface area contributed by atoms with E-state index in [9.17, 15) is 4.79 Å². The summed E-state index contributed by atoms with van der Waals surface area (Å²) in [5.74, 6) is 0. The van der Waals surface area contributed by atoms with Gasteiger partial charge in [-0.25, -0.2) is 4.79 Å². The Labute approximate surface area is 86.8 Å². The average Bonchev–Trinajstić information content (AvgIpc) is 2.65. The molecule has 1 aromatic carbocycles. The topological polar surface area (TPSA) is 38.3 Å². The Bertz CT molecular complexity index is 354. The minimum absolute atomic E-state index is 0.00889. The highest BCUT2D eigenvalue weighted by molar-refractivity contribution is 7.98. The number of carbonyl (C=O) groups excluding carboxylic acids is 1. The van der Waals surface area contributed by atoms with Crippen LogP contribution in [-0.2, 0) is 4.74 Å². The SMILES string of the molecule is CSc1cccc(C2COC(=O)N2)c1. The fourth-order valence-electron chi connectivity index (χ4n) is 1.42. The van der Waals surface area contributed by atoms with Crippen LogP contribution in [0.5, 0.6) is 0 Å². The normalized spacial score (nSPS) is 20.4. The van der Waals surface area contributed by atoms with Gasteiger partial charge in [0.25, 0.3) is 0 Å². The quantitative estimate of drug-likeness (QED) is 0.759. The van der Waals surface area contributed by atoms with Gasteiger partial charge in [0.15, 0.2) is 0 Å². The van der Waals surface area contributed by atoms with Crippen LogP contribution >= 0.6 is 11.8 Å². The number of carbonyl (C=O) groups is 1. The summed E-state index contributed by atoms with van der Waals surface area (Å²) in [6.07, 6.45) is 1.70. The lowest BCUT2D eigenvalue weighted by molar-refractivity contribution is 0.177. The van der Waals surface area contributed by atoms with Crippen molar-refractivity contribution in [3.8, 4) is 0 Å². The summed E-state index contributed by atoms with van der Waals surface area (Å²) in [5.41, 5.74) is 1.10. The van der Waals surface area contributed by atoms with Crippen LogP contribution in [-0.4, -0.2) is 19.0 Å². The summed E-state index contributed by atoms with van der Waals surface area (Å²) < 4.78 is 4.84. The molecule has 1 N–H and O–H groups in total. The molecule has 4 heteroatoms. The summed E-state index contributed by atoms with van der Waals surface area (Å²) in [6, 6.07) is 8.12. The molecule has 0 spiro atoms. The van der Waals surface area contributed by atoms with E-state index < -0.39 is 0 Å². The molecule has 1 atom stereocenters. The monoisotopic (exact) mass is 209 g/mol. The first-order valence-electron chi connectivity index (χ1n) is 4.37. The van der Waals surface area contributed by atoms with E-state index in [1.807, 2.05) is 24.5 Å². The first-order chi connectivity index (χ1) is 6.79. The van der Waals surface area contributed by atoms with Crippen molar-refractivity contribution in [1.82, 2.24) is 5.32 Å². The van der Waals surface area contributed by atoms with Crippen LogP contribution in [0, 0.1) is 0 Å². The van der Waals surface area contributed by atoms with E-state index in [0.29, 0.717) is 6.61 Å². The van der Waals surface area contributed by atoms with E-state index in [0.717, 1.165) is 5.56 Å². The van der Waals surface area contributed by atoms with Gasteiger partial charge in [0.1, 0.15) is 6.61 Å². The van der Waals surface area contributed by atoms with Gasteiger partial charge in [-0.15, -0.1) is 11.8 Å². The lowest BCUT2D eigenvalue weighted by atomic mass is 10.1. The highest BCUT2D eigenvalue weighted by atomic mass is 32.2. The van der Waals surface area contributed by atoms with Gasteiger partial charge in [-0.05, 0) is 24.0 Å². The predicted molar refractivity (Wildman–Crippen MR) is 55.4 cm³/mol. The first kappa shape index (κ1) is 9.40. The van der Waals surface area contributed by atoms with Crippen LogP contribution in [0.3, 0.4) is 0 Å². The molecule has 1 aliphatic heterocycles. The number of nitrogens with one attached hydrogen (secondary N) is 1. The van der Waals surface area contributed by atoms with Crippen molar-refractivity contribution in [3.05, 3.63) is 29.8 Å². The van der Waals surface area contributed by atoms with E-state index in [1.54, 1.807) is 11.8 Å². The second kappa shape index (κ2) is 3.92. The molecule has 0 aliphatic carbocycles. The Morgan fingerprint density at radius 1 is 1.57 bits per heavy atom. The number of amides is 1. The maximum atomic E-state index is 10.8. The minimum atomic E-state index is -0.329. The van der Waals surface area contributed by atoms with E-state index >= 15 is 0 Å². The van der Waals surface area contributed by atoms with E-state index in [-0.39, 0.29) is 12.1 Å². The van der Waals surface area contributed by atoms with E-state index in [2.05, 4.69) is 11.4 Å². The molecular formula is C10H11NO2S. The predicted octanol–water partition coefficient (Wildman–Crippen LogP) is 2.19. The van der Waals surface area contributed by atoms with Crippen LogP contribution in [0.15, 0.2) is 29.2 Å². The van der Waals surface area contributed by atoms with Crippen molar-refractivity contribution in [3.63, 3.8) is 0 Å². The molecule has 0 bridgehead atoms. The van der Waals surface area contributed by atoms with Crippen LogP contribution in [0.1, 0.15) is 11.6 Å². The number of benzene rings is 1. The smallest absolute Gasteiger partial charge is 0.407 e. The minimum Gasteiger partial charge on any atom is -0.447 e. The number of hydrogen-bond acceptors (Lipinski definition) is 3. The highest BCUT2D eigenvalue weighted by Gasteiger charge is 2.23. The lowest BCUT2D eigenvalue weighted by Crippen LogP contribution is -2.18. The molecule has 1 aliphatic rings. The summed E-state index contributed by atoms with van der Waals surface area (Å²) in [6.45, 7) is 0.427. The molecule has 3 nitrogen and oxygen atoms in total. The maximum Gasteiger partial charge on any atom is 0.407 e. The fourth-order valence-corrected chi connectivity index (χ4v) is 1.89. The third kappa shape index (κ3) is 1.85. The second-order valence-corrected chi connectivity index (χ2v) is 3.95. The Kier molecular flexibility index (Phi) is 2.63. The molecule has 0 radical (unpaired) electrons. The third-order valence-corrected chi connectivity index (χ3v) is 2.89. The molecular weight excluding hydrogens is 198 g/mol. The Hall–Kier alpha value is -1.16. The van der Waals surface area contributed by atoms with Crippen LogP contribution < -0.4 is 5.32 Å². The molecule has 1 fully saturated rings. The molecule has 1 saturated heterocycles. The van der Waals surface area contributed by atoms with Crippen molar-refractivity contribution in [2.45, 2.75) is 10.9 Å². The highest BCUT2D eigenvalue weighted by Crippen LogP contribution is 2.22. The van der Waals surface area contributed by atoms with E-state index in [4.69, 9.17) is 4.74 Å². The average molecular weight is 209 g/mol. The summed E-state index contributed by atoms with van der Waals surface area (Å²) in [5, 5.41) is 2.75. The Morgan fingerprint density at radius 3 is 3.07 bits per heavy atom. The van der Waals surface area contributed by atoms with Gasteiger partial charge < -0.3 is 10.1 Å². The van der Waals surface area contributed by atoms with Gasteiger partial charge in [0, 0.05) is 4.90 Å². The molecule has 1 aromatic rings. The maximum absolute atomic E-state index is 10.8. The number of cyclic esters (lactones) is 1. The number of rotatable bonds is 2. The van der Waals surface area contributed by atoms with Gasteiger partial charge in [-0.1, -0.05) is 12.1 Å². The number of thioether (sulfide) groups is 1. The Balaban J connectivity index is 2.19. The molecule has 0 saturated carbocycles. The fraction of sp³-hybridized carbons (Fsp3) is 0.300.